The molecule has 0 aliphatic heterocycles. The number of methoxy groups -OCH3 is 2. The monoisotopic (exact) mass is 499 g/mol. The molecule has 34 heavy (non-hydrogen) atoms. The second-order valence-electron chi connectivity index (χ2n) is 7.36. The summed E-state index contributed by atoms with van der Waals surface area (Å²) < 4.78 is 26.1. The van der Waals surface area contributed by atoms with E-state index in [1.807, 2.05) is 6.07 Å². The molecule has 2 heterocycles. The van der Waals surface area contributed by atoms with E-state index in [0.29, 0.717) is 44.7 Å². The molecule has 2 aromatic heterocycles. The number of nitrogens with one attached hydrogen (secondary N) is 1. The van der Waals surface area contributed by atoms with E-state index in [1.165, 1.54) is 28.0 Å². The van der Waals surface area contributed by atoms with Crippen LogP contribution in [0.5, 0.6) is 11.5 Å². The second-order valence-corrected chi connectivity index (χ2v) is 9.21. The van der Waals surface area contributed by atoms with Crippen LogP contribution in [0.15, 0.2) is 57.8 Å². The third-order valence-corrected chi connectivity index (χ3v) is 6.95. The van der Waals surface area contributed by atoms with Gasteiger partial charge in [-0.15, -0.1) is 11.3 Å². The number of fused-ring (bicyclic) bond motifs is 1. The molecule has 2 aromatic carbocycles. The summed E-state index contributed by atoms with van der Waals surface area (Å²) in [6, 6.07) is 11.4. The molecule has 0 spiro atoms. The highest BCUT2D eigenvalue weighted by Crippen LogP contribution is 2.28. The van der Waals surface area contributed by atoms with Crippen LogP contribution in [0.25, 0.3) is 15.9 Å². The molecule has 10 heteroatoms. The smallest absolute Gasteiger partial charge is 0.276 e. The molecule has 1 N–H and O–H groups in total. The molecular formula is C24H22FN3O4S2. The molecule has 0 bridgehead atoms. The van der Waals surface area contributed by atoms with Crippen molar-refractivity contribution in [1.29, 1.82) is 0 Å². The minimum atomic E-state index is -0.386. The highest BCUT2D eigenvalue weighted by molar-refractivity contribution is 7.99. The second kappa shape index (κ2) is 10.3. The van der Waals surface area contributed by atoms with Crippen LogP contribution in [-0.4, -0.2) is 35.4 Å². The lowest BCUT2D eigenvalue weighted by Crippen LogP contribution is -2.26. The van der Waals surface area contributed by atoms with Gasteiger partial charge in [-0.3, -0.25) is 14.2 Å². The summed E-state index contributed by atoms with van der Waals surface area (Å²) in [6.07, 6.45) is 0. The largest absolute Gasteiger partial charge is 0.493 e. The Morgan fingerprint density at radius 3 is 2.68 bits per heavy atom. The molecule has 0 fully saturated rings. The van der Waals surface area contributed by atoms with E-state index >= 15 is 0 Å². The summed E-state index contributed by atoms with van der Waals surface area (Å²) in [5.41, 5.74) is 2.30. The Hall–Kier alpha value is -3.37. The van der Waals surface area contributed by atoms with E-state index in [2.05, 4.69) is 10.3 Å². The fourth-order valence-corrected chi connectivity index (χ4v) is 5.04. The van der Waals surface area contributed by atoms with Crippen molar-refractivity contribution < 1.29 is 18.7 Å². The van der Waals surface area contributed by atoms with Crippen molar-refractivity contribution in [3.05, 3.63) is 75.1 Å². The maximum Gasteiger partial charge on any atom is 0.276 e. The zero-order valence-corrected chi connectivity index (χ0v) is 20.4. The third-order valence-electron chi connectivity index (χ3n) is 5.12. The number of carbonyl (C=O) groups excluding carboxylic acids is 1. The number of amides is 1. The fourth-order valence-electron chi connectivity index (χ4n) is 3.44. The van der Waals surface area contributed by atoms with Crippen molar-refractivity contribution in [2.24, 2.45) is 0 Å². The molecule has 0 unspecified atom stereocenters. The number of benzene rings is 2. The Balaban J connectivity index is 1.54. The van der Waals surface area contributed by atoms with Gasteiger partial charge in [0.05, 0.1) is 31.2 Å². The number of halogens is 1. The van der Waals surface area contributed by atoms with Crippen molar-refractivity contribution in [2.45, 2.75) is 18.6 Å². The Morgan fingerprint density at radius 2 is 1.94 bits per heavy atom. The van der Waals surface area contributed by atoms with Crippen LogP contribution in [-0.2, 0) is 11.3 Å². The molecule has 0 radical (unpaired) electrons. The van der Waals surface area contributed by atoms with Gasteiger partial charge in [-0.2, -0.15) is 0 Å². The lowest BCUT2D eigenvalue weighted by atomic mass is 10.2. The molecule has 4 aromatic rings. The van der Waals surface area contributed by atoms with Crippen LogP contribution >= 0.6 is 23.1 Å². The predicted molar refractivity (Wildman–Crippen MR) is 132 cm³/mol. The standard InChI is InChI=1S/C24H22FN3O4S2/c1-14-10-16(25)5-6-18(14)28-23(30)22-17(8-9-33-22)27-24(28)34-13-21(29)26-12-15-4-7-19(31-2)20(11-15)32-3/h4-11H,12-13H2,1-3H3,(H,26,29). The van der Waals surface area contributed by atoms with Gasteiger partial charge in [0.25, 0.3) is 5.56 Å². The number of thioether (sulfide) groups is 1. The number of hydrogen-bond donors (Lipinski definition) is 1. The highest BCUT2D eigenvalue weighted by Gasteiger charge is 2.17. The van der Waals surface area contributed by atoms with Gasteiger partial charge >= 0.3 is 0 Å². The van der Waals surface area contributed by atoms with Gasteiger partial charge in [-0.25, -0.2) is 9.37 Å². The SMILES string of the molecule is COc1ccc(CNC(=O)CSc2nc3ccsc3c(=O)n2-c2ccc(F)cc2C)cc1OC. The van der Waals surface area contributed by atoms with E-state index in [-0.39, 0.29) is 23.0 Å². The zero-order valence-electron chi connectivity index (χ0n) is 18.8. The maximum atomic E-state index is 13.7. The number of rotatable bonds is 8. The maximum absolute atomic E-state index is 13.7. The summed E-state index contributed by atoms with van der Waals surface area (Å²) in [6.45, 7) is 2.04. The van der Waals surface area contributed by atoms with Crippen LogP contribution in [0.3, 0.4) is 0 Å². The number of hydrogen-bond acceptors (Lipinski definition) is 7. The van der Waals surface area contributed by atoms with Crippen molar-refractivity contribution in [3.8, 4) is 17.2 Å². The molecule has 0 aliphatic rings. The minimum Gasteiger partial charge on any atom is -0.493 e. The van der Waals surface area contributed by atoms with Gasteiger partial charge in [0.2, 0.25) is 5.91 Å². The van der Waals surface area contributed by atoms with E-state index in [4.69, 9.17) is 9.47 Å². The molecule has 0 atom stereocenters. The average molecular weight is 500 g/mol. The first-order chi connectivity index (χ1) is 16.4. The van der Waals surface area contributed by atoms with Gasteiger partial charge in [-0.1, -0.05) is 17.8 Å². The minimum absolute atomic E-state index is 0.0512. The first-order valence-corrected chi connectivity index (χ1v) is 12.1. The summed E-state index contributed by atoms with van der Waals surface area (Å²) in [5.74, 6) is 0.632. The number of ether oxygens (including phenoxy) is 2. The summed E-state index contributed by atoms with van der Waals surface area (Å²) in [5, 5.41) is 5.03. The van der Waals surface area contributed by atoms with Crippen LogP contribution < -0.4 is 20.3 Å². The van der Waals surface area contributed by atoms with Gasteiger partial charge < -0.3 is 14.8 Å². The Labute approximate surface area is 203 Å². The molecule has 7 nitrogen and oxygen atoms in total. The third kappa shape index (κ3) is 4.92. The molecule has 1 amide bonds. The normalized spacial score (nSPS) is 10.9. The van der Waals surface area contributed by atoms with Crippen LogP contribution in [0.1, 0.15) is 11.1 Å². The van der Waals surface area contributed by atoms with Gasteiger partial charge in [0.15, 0.2) is 16.7 Å². The molecule has 0 saturated carbocycles. The van der Waals surface area contributed by atoms with E-state index in [0.717, 1.165) is 17.3 Å². The van der Waals surface area contributed by atoms with Gasteiger partial charge in [0.1, 0.15) is 10.5 Å². The summed E-state index contributed by atoms with van der Waals surface area (Å²) >= 11 is 2.45. The van der Waals surface area contributed by atoms with Gasteiger partial charge in [0, 0.05) is 6.54 Å². The van der Waals surface area contributed by atoms with Gasteiger partial charge in [-0.05, 0) is 59.8 Å². The van der Waals surface area contributed by atoms with E-state index in [1.54, 1.807) is 50.8 Å². The Morgan fingerprint density at radius 1 is 1.15 bits per heavy atom. The Bertz CT molecular complexity index is 1420. The van der Waals surface area contributed by atoms with E-state index in [9.17, 15) is 14.0 Å². The molecular weight excluding hydrogens is 477 g/mol. The molecule has 4 rings (SSSR count). The first-order valence-electron chi connectivity index (χ1n) is 10.3. The lowest BCUT2D eigenvalue weighted by Gasteiger charge is -2.14. The van der Waals surface area contributed by atoms with Crippen molar-refractivity contribution >= 4 is 39.2 Å². The number of aryl methyl sites for hydroxylation is 1. The first kappa shape index (κ1) is 23.8. The Kier molecular flexibility index (Phi) is 7.18. The van der Waals surface area contributed by atoms with Crippen molar-refractivity contribution in [3.63, 3.8) is 0 Å². The summed E-state index contributed by atoms with van der Waals surface area (Å²) in [7, 11) is 3.11. The van der Waals surface area contributed by atoms with Crippen LogP contribution in [0.2, 0.25) is 0 Å². The van der Waals surface area contributed by atoms with E-state index < -0.39 is 0 Å². The summed E-state index contributed by atoms with van der Waals surface area (Å²) in [4.78, 5) is 30.4. The topological polar surface area (TPSA) is 82.5 Å². The molecule has 0 saturated heterocycles. The quantitative estimate of drug-likeness (QED) is 0.287. The van der Waals surface area contributed by atoms with Crippen molar-refractivity contribution in [2.75, 3.05) is 20.0 Å². The van der Waals surface area contributed by atoms with Crippen molar-refractivity contribution in [1.82, 2.24) is 14.9 Å². The lowest BCUT2D eigenvalue weighted by molar-refractivity contribution is -0.118. The zero-order chi connectivity index (χ0) is 24.2. The molecule has 0 aliphatic carbocycles. The number of thiophene rings is 1. The van der Waals surface area contributed by atoms with Crippen LogP contribution in [0.4, 0.5) is 4.39 Å². The molecule has 176 valence electrons. The number of nitrogens with zero attached hydrogens (tertiary/aromatic N) is 2. The highest BCUT2D eigenvalue weighted by atomic mass is 32.2. The average Bonchev–Trinajstić information content (AvgIpc) is 3.31. The number of aromatic nitrogens is 2. The fraction of sp³-hybridized carbons (Fsp3) is 0.208. The van der Waals surface area contributed by atoms with Crippen LogP contribution in [0, 0.1) is 12.7 Å². The predicted octanol–water partition coefficient (Wildman–Crippen LogP) is 4.32. The number of carbonyl (C=O) groups is 1.